The van der Waals surface area contributed by atoms with Crippen LogP contribution in [-0.4, -0.2) is 32.4 Å². The number of aliphatic carboxylic acids is 1. The lowest BCUT2D eigenvalue weighted by molar-refractivity contribution is -0.141. The van der Waals surface area contributed by atoms with Crippen molar-refractivity contribution in [3.63, 3.8) is 0 Å². The molecular formula is C12H13ClN4O3S. The number of halogens is 1. The van der Waals surface area contributed by atoms with E-state index in [9.17, 15) is 9.59 Å². The number of rotatable bonds is 5. The molecule has 0 saturated heterocycles. The van der Waals surface area contributed by atoms with Crippen molar-refractivity contribution in [2.45, 2.75) is 13.3 Å². The maximum atomic E-state index is 11.9. The van der Waals surface area contributed by atoms with E-state index in [0.29, 0.717) is 28.2 Å². The molecule has 0 bridgehead atoms. The summed E-state index contributed by atoms with van der Waals surface area (Å²) in [5.74, 6) is -1.57. The van der Waals surface area contributed by atoms with Gasteiger partial charge in [0.25, 0.3) is 0 Å². The molecular weight excluding hydrogens is 316 g/mol. The molecule has 2 amide bonds. The lowest BCUT2D eigenvalue weighted by Crippen LogP contribution is -2.35. The number of nitrogens with one attached hydrogen (secondary N) is 2. The van der Waals surface area contributed by atoms with Crippen LogP contribution in [0.1, 0.15) is 13.3 Å². The number of carbonyl (C=O) groups is 2. The summed E-state index contributed by atoms with van der Waals surface area (Å²) in [5.41, 5.74) is 1.51. The molecule has 1 atom stereocenters. The zero-order valence-electron chi connectivity index (χ0n) is 11.1. The fourth-order valence-electron chi connectivity index (χ4n) is 1.73. The highest BCUT2D eigenvalue weighted by Gasteiger charge is 2.17. The Morgan fingerprint density at radius 3 is 2.86 bits per heavy atom. The van der Waals surface area contributed by atoms with Crippen LogP contribution in [0, 0.1) is 5.92 Å². The number of carboxylic acids is 1. The first-order valence-corrected chi connectivity index (χ1v) is 7.32. The van der Waals surface area contributed by atoms with Crippen LogP contribution in [-0.2, 0) is 4.79 Å². The highest BCUT2D eigenvalue weighted by molar-refractivity contribution is 7.00. The molecule has 0 aliphatic carbocycles. The number of carbonyl (C=O) groups excluding carboxylic acids is 1. The molecule has 7 nitrogen and oxygen atoms in total. The fraction of sp³-hybridized carbons (Fsp3) is 0.333. The summed E-state index contributed by atoms with van der Waals surface area (Å²) in [4.78, 5) is 22.7. The van der Waals surface area contributed by atoms with E-state index in [1.807, 2.05) is 0 Å². The van der Waals surface area contributed by atoms with Gasteiger partial charge >= 0.3 is 12.0 Å². The third-order valence-electron chi connectivity index (χ3n) is 2.97. The number of benzene rings is 1. The molecule has 2 rings (SSSR count). The molecule has 0 saturated carbocycles. The van der Waals surface area contributed by atoms with Gasteiger partial charge in [0.15, 0.2) is 0 Å². The van der Waals surface area contributed by atoms with Gasteiger partial charge in [0.05, 0.1) is 28.4 Å². The largest absolute Gasteiger partial charge is 0.481 e. The summed E-state index contributed by atoms with van der Waals surface area (Å²) in [6, 6.07) is 2.80. The molecule has 0 radical (unpaired) electrons. The number of anilines is 1. The van der Waals surface area contributed by atoms with Crippen LogP contribution in [0.5, 0.6) is 0 Å². The Hall–Kier alpha value is -1.93. The van der Waals surface area contributed by atoms with Gasteiger partial charge in [0.1, 0.15) is 11.0 Å². The smallest absolute Gasteiger partial charge is 0.319 e. The topological polar surface area (TPSA) is 104 Å². The van der Waals surface area contributed by atoms with Crippen LogP contribution in [0.25, 0.3) is 11.0 Å². The van der Waals surface area contributed by atoms with E-state index in [2.05, 4.69) is 19.4 Å². The second kappa shape index (κ2) is 6.68. The second-order valence-corrected chi connectivity index (χ2v) is 5.27. The van der Waals surface area contributed by atoms with Crippen molar-refractivity contribution in [2.24, 2.45) is 5.92 Å². The standard InChI is InChI=1S/C12H13ClN4O3S/c1-2-6(11(18)19)5-14-12(20)15-9-7(13)3-4-8-10(9)17-21-16-8/h3-4,6H,2,5H2,1H3,(H,18,19)(H2,14,15,20). The quantitative estimate of drug-likeness (QED) is 0.782. The van der Waals surface area contributed by atoms with Crippen molar-refractivity contribution in [1.82, 2.24) is 14.1 Å². The van der Waals surface area contributed by atoms with Gasteiger partial charge in [0.2, 0.25) is 0 Å². The Labute approximate surface area is 129 Å². The molecule has 0 aliphatic rings. The van der Waals surface area contributed by atoms with Gasteiger partial charge in [-0.3, -0.25) is 4.79 Å². The first kappa shape index (κ1) is 15.5. The number of hydrogen-bond donors (Lipinski definition) is 3. The lowest BCUT2D eigenvalue weighted by atomic mass is 10.1. The molecule has 1 heterocycles. The molecule has 0 aliphatic heterocycles. The summed E-state index contributed by atoms with van der Waals surface area (Å²) >= 11 is 7.07. The minimum absolute atomic E-state index is 0.0422. The summed E-state index contributed by atoms with van der Waals surface area (Å²) in [7, 11) is 0. The van der Waals surface area contributed by atoms with Gasteiger partial charge in [0, 0.05) is 6.54 Å². The van der Waals surface area contributed by atoms with Crippen LogP contribution in [0.15, 0.2) is 12.1 Å². The van der Waals surface area contributed by atoms with Crippen LogP contribution >= 0.6 is 23.3 Å². The Morgan fingerprint density at radius 1 is 1.43 bits per heavy atom. The van der Waals surface area contributed by atoms with Crippen molar-refractivity contribution >= 4 is 52.1 Å². The minimum Gasteiger partial charge on any atom is -0.481 e. The third-order valence-corrected chi connectivity index (χ3v) is 3.82. The molecule has 0 spiro atoms. The van der Waals surface area contributed by atoms with Crippen molar-refractivity contribution in [3.8, 4) is 0 Å². The Balaban J connectivity index is 2.06. The van der Waals surface area contributed by atoms with Gasteiger partial charge in [-0.05, 0) is 18.6 Å². The zero-order valence-corrected chi connectivity index (χ0v) is 12.7. The normalized spacial score (nSPS) is 12.1. The minimum atomic E-state index is -0.943. The highest BCUT2D eigenvalue weighted by Crippen LogP contribution is 2.29. The maximum Gasteiger partial charge on any atom is 0.319 e. The number of fused-ring (bicyclic) bond motifs is 1. The van der Waals surface area contributed by atoms with E-state index < -0.39 is 17.9 Å². The number of carboxylic acid groups (broad SMARTS) is 1. The van der Waals surface area contributed by atoms with E-state index >= 15 is 0 Å². The molecule has 1 aromatic carbocycles. The number of urea groups is 1. The second-order valence-electron chi connectivity index (χ2n) is 4.33. The first-order chi connectivity index (χ1) is 10.0. The Kier molecular flexibility index (Phi) is 4.92. The summed E-state index contributed by atoms with van der Waals surface area (Å²) in [6.45, 7) is 1.79. The average molecular weight is 329 g/mol. The predicted octanol–water partition coefficient (Wildman–Crippen LogP) is 2.58. The monoisotopic (exact) mass is 328 g/mol. The van der Waals surface area contributed by atoms with Crippen LogP contribution < -0.4 is 10.6 Å². The molecule has 21 heavy (non-hydrogen) atoms. The van der Waals surface area contributed by atoms with Crippen molar-refractivity contribution in [3.05, 3.63) is 17.2 Å². The van der Waals surface area contributed by atoms with E-state index in [4.69, 9.17) is 16.7 Å². The lowest BCUT2D eigenvalue weighted by Gasteiger charge is -2.12. The summed E-state index contributed by atoms with van der Waals surface area (Å²) < 4.78 is 8.14. The molecule has 2 aromatic rings. The number of amides is 2. The van der Waals surface area contributed by atoms with E-state index in [0.717, 1.165) is 11.7 Å². The third kappa shape index (κ3) is 3.59. The van der Waals surface area contributed by atoms with E-state index in [-0.39, 0.29) is 6.54 Å². The average Bonchev–Trinajstić information content (AvgIpc) is 2.91. The van der Waals surface area contributed by atoms with Gasteiger partial charge < -0.3 is 15.7 Å². The fourth-order valence-corrected chi connectivity index (χ4v) is 2.47. The van der Waals surface area contributed by atoms with Crippen LogP contribution in [0.3, 0.4) is 0 Å². The first-order valence-electron chi connectivity index (χ1n) is 6.21. The molecule has 0 fully saturated rings. The maximum absolute atomic E-state index is 11.9. The number of hydrogen-bond acceptors (Lipinski definition) is 5. The SMILES string of the molecule is CCC(CNC(=O)Nc1c(Cl)ccc2nsnc12)C(=O)O. The zero-order chi connectivity index (χ0) is 15.4. The van der Waals surface area contributed by atoms with Crippen LogP contribution in [0.4, 0.5) is 10.5 Å². The van der Waals surface area contributed by atoms with Gasteiger partial charge in [-0.15, -0.1) is 0 Å². The Bertz CT molecular complexity index is 676. The van der Waals surface area contributed by atoms with Crippen molar-refractivity contribution < 1.29 is 14.7 Å². The van der Waals surface area contributed by atoms with Crippen molar-refractivity contribution in [1.29, 1.82) is 0 Å². The molecule has 112 valence electrons. The number of aromatic nitrogens is 2. The van der Waals surface area contributed by atoms with Gasteiger partial charge in [-0.1, -0.05) is 18.5 Å². The molecule has 1 aromatic heterocycles. The van der Waals surface area contributed by atoms with Gasteiger partial charge in [-0.25, -0.2) is 4.79 Å². The van der Waals surface area contributed by atoms with Crippen molar-refractivity contribution in [2.75, 3.05) is 11.9 Å². The number of nitrogens with zero attached hydrogens (tertiary/aromatic N) is 2. The summed E-state index contributed by atoms with van der Waals surface area (Å²) in [6.07, 6.45) is 0.432. The molecule has 3 N–H and O–H groups in total. The molecule has 1 unspecified atom stereocenters. The van der Waals surface area contributed by atoms with E-state index in [1.54, 1.807) is 19.1 Å². The predicted molar refractivity (Wildman–Crippen MR) is 80.9 cm³/mol. The van der Waals surface area contributed by atoms with E-state index in [1.165, 1.54) is 0 Å². The van der Waals surface area contributed by atoms with Crippen LogP contribution in [0.2, 0.25) is 5.02 Å². The highest BCUT2D eigenvalue weighted by atomic mass is 35.5. The Morgan fingerprint density at radius 2 is 2.19 bits per heavy atom. The van der Waals surface area contributed by atoms with Gasteiger partial charge in [-0.2, -0.15) is 8.75 Å². The molecule has 9 heteroatoms. The summed E-state index contributed by atoms with van der Waals surface area (Å²) in [5, 5.41) is 14.4.